The molecule has 0 aliphatic carbocycles. The lowest BCUT2D eigenvalue weighted by molar-refractivity contribution is 0.712. The second kappa shape index (κ2) is 7.87. The van der Waals surface area contributed by atoms with E-state index in [-0.39, 0.29) is 0 Å². The average Bonchev–Trinajstić information content (AvgIpc) is 2.64. The summed E-state index contributed by atoms with van der Waals surface area (Å²) in [5, 5.41) is 0. The molecule has 0 saturated carbocycles. The summed E-state index contributed by atoms with van der Waals surface area (Å²) in [5.74, 6) is 0.811. The van der Waals surface area contributed by atoms with E-state index in [9.17, 15) is 0 Å². The van der Waals surface area contributed by atoms with Crippen LogP contribution in [0.25, 0.3) is 22.6 Å². The quantitative estimate of drug-likeness (QED) is 0.533. The van der Waals surface area contributed by atoms with Gasteiger partial charge in [-0.05, 0) is 25.3 Å². The van der Waals surface area contributed by atoms with Crippen molar-refractivity contribution in [1.29, 1.82) is 0 Å². The minimum atomic E-state index is 0.811. The van der Waals surface area contributed by atoms with Crippen LogP contribution >= 0.6 is 0 Å². The standard InChI is InChI=1S/C22H24N2/c1-3-4-7-16-20-17(2)23-22(19-14-10-6-11-15-19)24-21(20)18-12-8-5-9-13-18/h5-6,8-15H,3-4,7,16H2,1-2H3. The highest BCUT2D eigenvalue weighted by Gasteiger charge is 2.14. The van der Waals surface area contributed by atoms with Crippen LogP contribution < -0.4 is 0 Å². The number of rotatable bonds is 6. The molecule has 1 heterocycles. The van der Waals surface area contributed by atoms with Crippen molar-refractivity contribution < 1.29 is 0 Å². The molecule has 0 fully saturated rings. The van der Waals surface area contributed by atoms with Gasteiger partial charge in [-0.3, -0.25) is 0 Å². The molecule has 0 spiro atoms. The zero-order valence-electron chi connectivity index (χ0n) is 14.5. The third kappa shape index (κ3) is 3.70. The summed E-state index contributed by atoms with van der Waals surface area (Å²) >= 11 is 0. The van der Waals surface area contributed by atoms with Gasteiger partial charge in [0.2, 0.25) is 0 Å². The summed E-state index contributed by atoms with van der Waals surface area (Å²) in [6.45, 7) is 4.35. The fourth-order valence-electron chi connectivity index (χ4n) is 3.00. The maximum absolute atomic E-state index is 4.94. The summed E-state index contributed by atoms with van der Waals surface area (Å²) in [6.07, 6.45) is 4.70. The molecule has 0 amide bonds. The number of nitrogens with zero attached hydrogens (tertiary/aromatic N) is 2. The Labute approximate surface area is 144 Å². The lowest BCUT2D eigenvalue weighted by atomic mass is 9.99. The van der Waals surface area contributed by atoms with Gasteiger partial charge in [-0.15, -0.1) is 0 Å². The second-order valence-corrected chi connectivity index (χ2v) is 6.15. The van der Waals surface area contributed by atoms with E-state index in [0.717, 1.165) is 29.2 Å². The molecule has 0 aliphatic heterocycles. The molecule has 0 saturated heterocycles. The third-order valence-corrected chi connectivity index (χ3v) is 4.32. The van der Waals surface area contributed by atoms with Crippen LogP contribution in [0.3, 0.4) is 0 Å². The number of benzene rings is 2. The van der Waals surface area contributed by atoms with E-state index in [1.165, 1.54) is 30.4 Å². The minimum absolute atomic E-state index is 0.811. The first-order chi connectivity index (χ1) is 11.8. The van der Waals surface area contributed by atoms with Crippen LogP contribution in [0.5, 0.6) is 0 Å². The van der Waals surface area contributed by atoms with Crippen molar-refractivity contribution in [3.8, 4) is 22.6 Å². The van der Waals surface area contributed by atoms with Gasteiger partial charge in [-0.1, -0.05) is 80.4 Å². The zero-order valence-corrected chi connectivity index (χ0v) is 14.5. The number of hydrogen-bond donors (Lipinski definition) is 0. The molecule has 1 aromatic heterocycles. The van der Waals surface area contributed by atoms with Crippen LogP contribution in [0, 0.1) is 6.92 Å². The summed E-state index contributed by atoms with van der Waals surface area (Å²) in [7, 11) is 0. The number of aromatic nitrogens is 2. The van der Waals surface area contributed by atoms with Crippen molar-refractivity contribution in [3.05, 3.63) is 71.9 Å². The van der Waals surface area contributed by atoms with Crippen LogP contribution in [0.4, 0.5) is 0 Å². The van der Waals surface area contributed by atoms with Crippen LogP contribution in [0.1, 0.15) is 37.4 Å². The molecule has 2 aromatic carbocycles. The molecular formula is C22H24N2. The van der Waals surface area contributed by atoms with Crippen molar-refractivity contribution in [2.75, 3.05) is 0 Å². The fourth-order valence-corrected chi connectivity index (χ4v) is 3.00. The Bertz CT molecular complexity index is 780. The molecule has 3 aromatic rings. The summed E-state index contributed by atoms with van der Waals surface area (Å²) in [4.78, 5) is 9.74. The molecule has 0 N–H and O–H groups in total. The van der Waals surface area contributed by atoms with Crippen LogP contribution in [-0.4, -0.2) is 9.97 Å². The highest BCUT2D eigenvalue weighted by molar-refractivity contribution is 5.67. The van der Waals surface area contributed by atoms with E-state index in [1.807, 2.05) is 24.3 Å². The Balaban J connectivity index is 2.09. The van der Waals surface area contributed by atoms with Crippen molar-refractivity contribution in [1.82, 2.24) is 9.97 Å². The molecule has 24 heavy (non-hydrogen) atoms. The van der Waals surface area contributed by atoms with E-state index in [4.69, 9.17) is 9.97 Å². The smallest absolute Gasteiger partial charge is 0.160 e. The first-order valence-electron chi connectivity index (χ1n) is 8.78. The van der Waals surface area contributed by atoms with Crippen LogP contribution in [-0.2, 0) is 6.42 Å². The molecule has 0 unspecified atom stereocenters. The first-order valence-corrected chi connectivity index (χ1v) is 8.78. The zero-order chi connectivity index (χ0) is 16.8. The Kier molecular flexibility index (Phi) is 5.37. The molecule has 0 atom stereocenters. The molecule has 3 rings (SSSR count). The van der Waals surface area contributed by atoms with Crippen molar-refractivity contribution in [3.63, 3.8) is 0 Å². The largest absolute Gasteiger partial charge is 0.233 e. The van der Waals surface area contributed by atoms with Gasteiger partial charge in [0.05, 0.1) is 5.69 Å². The lowest BCUT2D eigenvalue weighted by Crippen LogP contribution is -2.03. The van der Waals surface area contributed by atoms with Gasteiger partial charge in [0.1, 0.15) is 0 Å². The van der Waals surface area contributed by atoms with E-state index >= 15 is 0 Å². The van der Waals surface area contributed by atoms with E-state index in [2.05, 4.69) is 50.2 Å². The molecule has 0 aliphatic rings. The van der Waals surface area contributed by atoms with Crippen molar-refractivity contribution in [2.24, 2.45) is 0 Å². The summed E-state index contributed by atoms with van der Waals surface area (Å²) in [5.41, 5.74) is 5.70. The van der Waals surface area contributed by atoms with Crippen molar-refractivity contribution in [2.45, 2.75) is 39.5 Å². The van der Waals surface area contributed by atoms with Gasteiger partial charge in [0.15, 0.2) is 5.82 Å². The lowest BCUT2D eigenvalue weighted by Gasteiger charge is -2.14. The summed E-state index contributed by atoms with van der Waals surface area (Å²) in [6, 6.07) is 20.7. The molecule has 122 valence electrons. The van der Waals surface area contributed by atoms with Crippen molar-refractivity contribution >= 4 is 0 Å². The molecule has 2 heteroatoms. The first kappa shape index (κ1) is 16.4. The maximum atomic E-state index is 4.94. The van der Waals surface area contributed by atoms with Crippen LogP contribution in [0.15, 0.2) is 60.7 Å². The van der Waals surface area contributed by atoms with Gasteiger partial charge in [-0.25, -0.2) is 9.97 Å². The molecule has 0 radical (unpaired) electrons. The van der Waals surface area contributed by atoms with Gasteiger partial charge >= 0.3 is 0 Å². The number of aryl methyl sites for hydroxylation is 1. The van der Waals surface area contributed by atoms with Crippen LogP contribution in [0.2, 0.25) is 0 Å². The Hall–Kier alpha value is -2.48. The third-order valence-electron chi connectivity index (χ3n) is 4.32. The SMILES string of the molecule is CCCCCc1c(C)nc(-c2ccccc2)nc1-c1ccccc1. The number of hydrogen-bond acceptors (Lipinski definition) is 2. The topological polar surface area (TPSA) is 25.8 Å². The monoisotopic (exact) mass is 316 g/mol. The van der Waals surface area contributed by atoms with E-state index in [1.54, 1.807) is 0 Å². The Morgan fingerprint density at radius 3 is 2.00 bits per heavy atom. The van der Waals surface area contributed by atoms with Gasteiger partial charge < -0.3 is 0 Å². The Morgan fingerprint density at radius 1 is 0.750 bits per heavy atom. The van der Waals surface area contributed by atoms with Gasteiger partial charge in [0, 0.05) is 16.8 Å². The number of unbranched alkanes of at least 4 members (excludes halogenated alkanes) is 2. The minimum Gasteiger partial charge on any atom is -0.233 e. The molecular weight excluding hydrogens is 292 g/mol. The maximum Gasteiger partial charge on any atom is 0.160 e. The highest BCUT2D eigenvalue weighted by Crippen LogP contribution is 2.28. The van der Waals surface area contributed by atoms with Gasteiger partial charge in [-0.2, -0.15) is 0 Å². The molecule has 2 nitrogen and oxygen atoms in total. The van der Waals surface area contributed by atoms with E-state index < -0.39 is 0 Å². The van der Waals surface area contributed by atoms with Gasteiger partial charge in [0.25, 0.3) is 0 Å². The predicted octanol–water partition coefficient (Wildman–Crippen LogP) is 5.85. The summed E-state index contributed by atoms with van der Waals surface area (Å²) < 4.78 is 0. The predicted molar refractivity (Wildman–Crippen MR) is 101 cm³/mol. The van der Waals surface area contributed by atoms with E-state index in [0.29, 0.717) is 0 Å². The average molecular weight is 316 g/mol. The highest BCUT2D eigenvalue weighted by atomic mass is 14.9. The fraction of sp³-hybridized carbons (Fsp3) is 0.273. The molecule has 0 bridgehead atoms. The normalized spacial score (nSPS) is 10.8. The second-order valence-electron chi connectivity index (χ2n) is 6.15. The Morgan fingerprint density at radius 2 is 1.38 bits per heavy atom.